The summed E-state index contributed by atoms with van der Waals surface area (Å²) >= 11 is 0. The SMILES string of the molecule is CCc1ccc(N(C)C(=O)[C@H](Cc2cc(F)cc(F)c2)NC(=O)Cn2c(=O)c3ccccc3c(=O)n2CC(=O)N[C@@H](Cc2cc(F)cc(F)c2)C(=O)N(C)c2ccc(OC)cc2)cc1. The molecule has 0 spiro atoms. The quantitative estimate of drug-likeness (QED) is 0.129. The molecule has 4 amide bonds. The molecule has 0 bridgehead atoms. The average Bonchev–Trinajstić information content (AvgIpc) is 3.27. The van der Waals surface area contributed by atoms with E-state index in [0.717, 1.165) is 36.2 Å². The first kappa shape index (κ1) is 46.0. The highest BCUT2D eigenvalue weighted by Crippen LogP contribution is 2.21. The topological polar surface area (TPSA) is 152 Å². The molecule has 332 valence electrons. The highest BCUT2D eigenvalue weighted by molar-refractivity contribution is 6.00. The molecule has 64 heavy (non-hydrogen) atoms. The monoisotopic (exact) mass is 880 g/mol. The molecular weight excluding hydrogens is 837 g/mol. The zero-order chi connectivity index (χ0) is 46.2. The highest BCUT2D eigenvalue weighted by Gasteiger charge is 2.29. The van der Waals surface area contributed by atoms with Crippen LogP contribution in [0.5, 0.6) is 5.75 Å². The number of halogens is 4. The number of aryl methyl sites for hydroxylation is 1. The van der Waals surface area contributed by atoms with Crippen molar-refractivity contribution in [3.63, 3.8) is 0 Å². The number of hydrogen-bond donors (Lipinski definition) is 2. The molecule has 0 aliphatic rings. The summed E-state index contributed by atoms with van der Waals surface area (Å²) in [6.07, 6.45) is -0.0448. The van der Waals surface area contributed by atoms with Crippen LogP contribution >= 0.6 is 0 Å². The Bertz CT molecular complexity index is 2600. The number of hydrogen-bond acceptors (Lipinski definition) is 7. The van der Waals surface area contributed by atoms with Crippen molar-refractivity contribution in [1.82, 2.24) is 20.0 Å². The van der Waals surface area contributed by atoms with Crippen molar-refractivity contribution in [2.45, 2.75) is 51.4 Å². The van der Waals surface area contributed by atoms with Crippen LogP contribution < -0.4 is 36.3 Å². The van der Waals surface area contributed by atoms with Crippen LogP contribution in [0.3, 0.4) is 0 Å². The Labute approximate surface area is 364 Å². The summed E-state index contributed by atoms with van der Waals surface area (Å²) in [7, 11) is 4.34. The van der Waals surface area contributed by atoms with E-state index in [9.17, 15) is 46.3 Å². The summed E-state index contributed by atoms with van der Waals surface area (Å²) in [5, 5.41) is 4.88. The van der Waals surface area contributed by atoms with E-state index in [1.807, 2.05) is 19.1 Å². The van der Waals surface area contributed by atoms with E-state index in [1.54, 1.807) is 36.4 Å². The van der Waals surface area contributed by atoms with Crippen molar-refractivity contribution in [3.05, 3.63) is 170 Å². The van der Waals surface area contributed by atoms with Gasteiger partial charge in [0.15, 0.2) is 0 Å². The van der Waals surface area contributed by atoms with E-state index in [0.29, 0.717) is 38.6 Å². The maximum Gasteiger partial charge on any atom is 0.273 e. The number of methoxy groups -OCH3 is 1. The molecule has 2 N–H and O–H groups in total. The minimum Gasteiger partial charge on any atom is -0.497 e. The minimum atomic E-state index is -1.48. The smallest absolute Gasteiger partial charge is 0.273 e. The first-order valence-corrected chi connectivity index (χ1v) is 20.0. The van der Waals surface area contributed by atoms with Gasteiger partial charge in [-0.05, 0) is 95.9 Å². The zero-order valence-electron chi connectivity index (χ0n) is 35.2. The number of fused-ring (bicyclic) bond motifs is 1. The Morgan fingerprint density at radius 1 is 0.578 bits per heavy atom. The van der Waals surface area contributed by atoms with Crippen LogP contribution in [0.15, 0.2) is 119 Å². The number of carbonyl (C=O) groups excluding carboxylic acids is 4. The minimum absolute atomic E-state index is 0.0180. The van der Waals surface area contributed by atoms with Crippen molar-refractivity contribution in [2.24, 2.45) is 0 Å². The number of benzene rings is 5. The van der Waals surface area contributed by atoms with Gasteiger partial charge in [-0.3, -0.25) is 28.8 Å². The summed E-state index contributed by atoms with van der Waals surface area (Å²) in [6.45, 7) is 0.107. The Balaban J connectivity index is 1.32. The number of nitrogens with zero attached hydrogens (tertiary/aromatic N) is 4. The van der Waals surface area contributed by atoms with Crippen molar-refractivity contribution < 1.29 is 41.5 Å². The average molecular weight is 881 g/mol. The number of likely N-dealkylation sites (N-methyl/N-ethyl adjacent to an activating group) is 2. The third kappa shape index (κ3) is 10.9. The van der Waals surface area contributed by atoms with E-state index >= 15 is 0 Å². The molecule has 0 aliphatic heterocycles. The number of ether oxygens (including phenoxy) is 1. The molecule has 0 saturated heterocycles. The van der Waals surface area contributed by atoms with E-state index < -0.39 is 89.6 Å². The van der Waals surface area contributed by atoms with E-state index in [4.69, 9.17) is 4.74 Å². The summed E-state index contributed by atoms with van der Waals surface area (Å²) in [6, 6.07) is 21.4. The van der Waals surface area contributed by atoms with Gasteiger partial charge in [0, 0.05) is 50.4 Å². The fraction of sp³-hybridized carbons (Fsp3) is 0.234. The number of amides is 4. The molecule has 1 heterocycles. The number of carbonyl (C=O) groups is 4. The zero-order valence-corrected chi connectivity index (χ0v) is 35.2. The Morgan fingerprint density at radius 2 is 0.953 bits per heavy atom. The van der Waals surface area contributed by atoms with Crippen LogP contribution in [-0.2, 0) is 51.5 Å². The Morgan fingerprint density at radius 3 is 1.31 bits per heavy atom. The van der Waals surface area contributed by atoms with Gasteiger partial charge in [0.1, 0.15) is 54.2 Å². The van der Waals surface area contributed by atoms with Crippen molar-refractivity contribution in [2.75, 3.05) is 31.0 Å². The normalized spacial score (nSPS) is 12.0. The summed E-state index contributed by atoms with van der Waals surface area (Å²) in [5.74, 6) is -6.57. The summed E-state index contributed by atoms with van der Waals surface area (Å²) in [4.78, 5) is 86.6. The van der Waals surface area contributed by atoms with E-state index in [2.05, 4.69) is 10.6 Å². The molecule has 13 nitrogen and oxygen atoms in total. The number of aromatic nitrogens is 2. The fourth-order valence-corrected chi connectivity index (χ4v) is 7.23. The number of anilines is 2. The molecule has 5 aromatic carbocycles. The van der Waals surface area contributed by atoms with Gasteiger partial charge in [-0.15, -0.1) is 0 Å². The van der Waals surface area contributed by atoms with Crippen LogP contribution in [0.25, 0.3) is 10.8 Å². The molecule has 0 aliphatic carbocycles. The summed E-state index contributed by atoms with van der Waals surface area (Å²) < 4.78 is 63.8. The van der Waals surface area contributed by atoms with Gasteiger partial charge >= 0.3 is 0 Å². The second kappa shape index (κ2) is 20.1. The highest BCUT2D eigenvalue weighted by atomic mass is 19.1. The van der Waals surface area contributed by atoms with E-state index in [-0.39, 0.29) is 28.3 Å². The molecule has 0 unspecified atom stereocenters. The third-order valence-corrected chi connectivity index (χ3v) is 10.6. The lowest BCUT2D eigenvalue weighted by molar-refractivity contribution is -0.129. The van der Waals surface area contributed by atoms with Crippen molar-refractivity contribution >= 4 is 45.8 Å². The molecule has 6 rings (SSSR count). The number of nitrogens with one attached hydrogen (secondary N) is 2. The van der Waals surface area contributed by atoms with Gasteiger partial charge in [0.25, 0.3) is 11.1 Å². The summed E-state index contributed by atoms with van der Waals surface area (Å²) in [5.41, 5.74) is 0.128. The molecule has 1 aromatic heterocycles. The third-order valence-electron chi connectivity index (χ3n) is 10.6. The van der Waals surface area contributed by atoms with Crippen LogP contribution in [0.4, 0.5) is 28.9 Å². The number of rotatable bonds is 16. The predicted octanol–water partition coefficient (Wildman–Crippen LogP) is 5.07. The van der Waals surface area contributed by atoms with Gasteiger partial charge in [-0.1, -0.05) is 31.2 Å². The molecule has 0 saturated carbocycles. The maximum absolute atomic E-state index is 14.3. The maximum atomic E-state index is 14.3. The molecule has 0 radical (unpaired) electrons. The van der Waals surface area contributed by atoms with Gasteiger partial charge in [-0.2, -0.15) is 0 Å². The molecule has 2 atom stereocenters. The second-order valence-corrected chi connectivity index (χ2v) is 15.0. The lowest BCUT2D eigenvalue weighted by Gasteiger charge is -2.26. The lowest BCUT2D eigenvalue weighted by Crippen LogP contribution is -2.52. The van der Waals surface area contributed by atoms with Crippen LogP contribution in [-0.4, -0.2) is 66.3 Å². The molecule has 6 aromatic rings. The van der Waals surface area contributed by atoms with Gasteiger partial charge in [0.2, 0.25) is 23.6 Å². The first-order valence-electron chi connectivity index (χ1n) is 20.0. The predicted molar refractivity (Wildman–Crippen MR) is 232 cm³/mol. The lowest BCUT2D eigenvalue weighted by atomic mass is 10.0. The second-order valence-electron chi connectivity index (χ2n) is 15.0. The van der Waals surface area contributed by atoms with Gasteiger partial charge < -0.3 is 25.2 Å². The molecule has 17 heteroatoms. The molecular formula is C47H44F4N6O7. The standard InChI is InChI=1S/C47H44F4N6O7/c1-5-28-10-12-35(13-11-28)54(2)46(62)40(22-29-18-31(48)24-32(49)19-29)52-42(58)26-56-44(60)38-8-6-7-9-39(38)45(61)57(56)27-43(59)53-41(23-30-20-33(50)25-34(51)21-30)47(63)55(3)36-14-16-37(64-4)17-15-36/h6-21,24-25,40-41H,5,22-23,26-27H2,1-4H3,(H,52,58)(H,53,59)/t40-,41-/m0/s1. The Kier molecular flexibility index (Phi) is 14.4. The van der Waals surface area contributed by atoms with Crippen molar-refractivity contribution in [3.8, 4) is 5.75 Å². The van der Waals surface area contributed by atoms with Gasteiger partial charge in [0.05, 0.1) is 17.9 Å². The Hall–Kier alpha value is -7.56. The fourth-order valence-electron chi connectivity index (χ4n) is 7.23. The van der Waals surface area contributed by atoms with Gasteiger partial charge in [-0.25, -0.2) is 26.9 Å². The largest absolute Gasteiger partial charge is 0.497 e. The first-order chi connectivity index (χ1) is 30.5. The molecule has 0 fully saturated rings. The van der Waals surface area contributed by atoms with Crippen molar-refractivity contribution in [1.29, 1.82) is 0 Å². The van der Waals surface area contributed by atoms with Crippen LogP contribution in [0.2, 0.25) is 0 Å². The van der Waals surface area contributed by atoms with E-state index in [1.165, 1.54) is 55.3 Å². The van der Waals surface area contributed by atoms with Crippen LogP contribution in [0.1, 0.15) is 23.6 Å². The van der Waals surface area contributed by atoms with Crippen LogP contribution in [0, 0.1) is 23.3 Å².